The summed E-state index contributed by atoms with van der Waals surface area (Å²) in [6.45, 7) is 5.80. The Morgan fingerprint density at radius 3 is 2.47 bits per heavy atom. The fraction of sp³-hybridized carbons (Fsp3) is 0.667. The molecule has 1 aromatic heterocycles. The molecular weight excluding hydrogens is 280 g/mol. The van der Waals surface area contributed by atoms with Crippen LogP contribution in [0.2, 0.25) is 0 Å². The van der Waals surface area contributed by atoms with Crippen LogP contribution in [0.5, 0.6) is 0 Å². The molecule has 17 heavy (non-hydrogen) atoms. The first kappa shape index (κ1) is 14.7. The van der Waals surface area contributed by atoms with Crippen LogP contribution in [-0.4, -0.2) is 30.9 Å². The number of aromatic amines is 1. The Morgan fingerprint density at radius 1 is 1.47 bits per heavy atom. The van der Waals surface area contributed by atoms with E-state index in [2.05, 4.69) is 9.71 Å². The molecule has 1 rings (SSSR count). The van der Waals surface area contributed by atoms with E-state index in [1.54, 1.807) is 18.7 Å². The summed E-state index contributed by atoms with van der Waals surface area (Å²) in [4.78, 5) is 13.2. The van der Waals surface area contributed by atoms with Crippen LogP contribution in [-0.2, 0) is 10.0 Å². The van der Waals surface area contributed by atoms with E-state index in [0.29, 0.717) is 23.6 Å². The molecule has 5 nitrogen and oxygen atoms in total. The van der Waals surface area contributed by atoms with E-state index in [0.717, 1.165) is 0 Å². The summed E-state index contributed by atoms with van der Waals surface area (Å²) in [5.41, 5.74) is 0.384. The molecule has 98 valence electrons. The summed E-state index contributed by atoms with van der Waals surface area (Å²) in [5, 5.41) is 0. The second kappa shape index (κ2) is 5.13. The van der Waals surface area contributed by atoms with Gasteiger partial charge in [0.15, 0.2) is 4.21 Å². The highest BCUT2D eigenvalue weighted by Crippen LogP contribution is 2.21. The van der Waals surface area contributed by atoms with Gasteiger partial charge in [-0.1, -0.05) is 11.3 Å². The first-order valence-electron chi connectivity index (χ1n) is 4.92. The highest BCUT2D eigenvalue weighted by Gasteiger charge is 2.24. The first-order chi connectivity index (χ1) is 7.68. The summed E-state index contributed by atoms with van der Waals surface area (Å²) >= 11 is 2.29. The molecule has 8 heteroatoms. The molecule has 0 aromatic carbocycles. The summed E-state index contributed by atoms with van der Waals surface area (Å²) in [6, 6.07) is 0. The third kappa shape index (κ3) is 3.84. The number of hydrogen-bond donors (Lipinski definition) is 2. The van der Waals surface area contributed by atoms with Crippen molar-refractivity contribution in [3.05, 3.63) is 15.4 Å². The van der Waals surface area contributed by atoms with Gasteiger partial charge in [0.05, 0.1) is 0 Å². The Morgan fingerprint density at radius 2 is 2.06 bits per heavy atom. The second-order valence-electron chi connectivity index (χ2n) is 4.22. The van der Waals surface area contributed by atoms with Crippen LogP contribution in [0.25, 0.3) is 0 Å². The lowest BCUT2D eigenvalue weighted by atomic mass is 10.2. The molecule has 1 heterocycles. The number of nitrogens with one attached hydrogen (secondary N) is 2. The van der Waals surface area contributed by atoms with E-state index < -0.39 is 10.0 Å². The predicted molar refractivity (Wildman–Crippen MR) is 72.5 cm³/mol. The van der Waals surface area contributed by atoms with E-state index in [-0.39, 0.29) is 13.8 Å². The van der Waals surface area contributed by atoms with Crippen molar-refractivity contribution in [3.63, 3.8) is 0 Å². The van der Waals surface area contributed by atoms with Crippen molar-refractivity contribution >= 4 is 33.1 Å². The molecule has 0 aliphatic heterocycles. The average molecular weight is 296 g/mol. The summed E-state index contributed by atoms with van der Waals surface area (Å²) in [5.74, 6) is 0. The summed E-state index contributed by atoms with van der Waals surface area (Å²) in [7, 11) is -3.59. The molecule has 0 aliphatic rings. The predicted octanol–water partition coefficient (Wildman–Crippen LogP) is 1.16. The van der Waals surface area contributed by atoms with Crippen molar-refractivity contribution in [2.24, 2.45) is 0 Å². The number of H-pyrrole nitrogens is 1. The molecule has 0 saturated heterocycles. The highest BCUT2D eigenvalue weighted by molar-refractivity contribution is 8.00. The fourth-order valence-electron chi connectivity index (χ4n) is 1.05. The normalized spacial score (nSPS) is 12.9. The monoisotopic (exact) mass is 296 g/mol. The Hall–Kier alpha value is -0.310. The molecule has 1 aromatic rings. The largest absolute Gasteiger partial charge is 0.315 e. The number of aromatic nitrogens is 1. The van der Waals surface area contributed by atoms with E-state index in [1.807, 2.05) is 20.1 Å². The quantitative estimate of drug-likeness (QED) is 0.855. The minimum atomic E-state index is -3.59. The molecular formula is C9H16N2O3S3. The number of thioether (sulfide) groups is 1. The topological polar surface area (TPSA) is 79.0 Å². The van der Waals surface area contributed by atoms with Crippen LogP contribution in [0.1, 0.15) is 19.5 Å². The van der Waals surface area contributed by atoms with Crippen molar-refractivity contribution < 1.29 is 8.42 Å². The lowest BCUT2D eigenvalue weighted by Gasteiger charge is -2.21. The van der Waals surface area contributed by atoms with Gasteiger partial charge in [0.1, 0.15) is 0 Å². The molecule has 0 unspecified atom stereocenters. The number of thiazole rings is 1. The van der Waals surface area contributed by atoms with Gasteiger partial charge < -0.3 is 4.98 Å². The summed E-state index contributed by atoms with van der Waals surface area (Å²) in [6.07, 6.45) is 1.92. The van der Waals surface area contributed by atoms with E-state index in [1.165, 1.54) is 0 Å². The lowest BCUT2D eigenvalue weighted by Crippen LogP contribution is -2.36. The lowest BCUT2D eigenvalue weighted by molar-refractivity contribution is 0.572. The number of aryl methyl sites for hydroxylation is 1. The van der Waals surface area contributed by atoms with E-state index >= 15 is 0 Å². The molecule has 0 radical (unpaired) electrons. The van der Waals surface area contributed by atoms with Crippen molar-refractivity contribution in [2.45, 2.75) is 29.7 Å². The van der Waals surface area contributed by atoms with Crippen LogP contribution in [0.4, 0.5) is 0 Å². The van der Waals surface area contributed by atoms with Crippen molar-refractivity contribution in [3.8, 4) is 0 Å². The first-order valence-corrected chi connectivity index (χ1v) is 8.45. The molecule has 0 fully saturated rings. The Kier molecular flexibility index (Phi) is 4.45. The Bertz CT molecular complexity index is 542. The highest BCUT2D eigenvalue weighted by atomic mass is 32.2. The van der Waals surface area contributed by atoms with Gasteiger partial charge in [0, 0.05) is 17.0 Å². The number of sulfonamides is 1. The fourth-order valence-corrected chi connectivity index (χ4v) is 3.92. The Balaban J connectivity index is 2.91. The second-order valence-corrected chi connectivity index (χ2v) is 8.67. The maximum atomic E-state index is 12.0. The SMILES string of the molecule is CSC(C)(C)CNS(=O)(=O)c1sc(=O)[nH]c1C. The maximum absolute atomic E-state index is 12.0. The molecule has 0 saturated carbocycles. The van der Waals surface area contributed by atoms with Crippen molar-refractivity contribution in [1.29, 1.82) is 0 Å². The smallest absolute Gasteiger partial charge is 0.305 e. The molecule has 2 N–H and O–H groups in total. The number of rotatable bonds is 5. The zero-order valence-electron chi connectivity index (χ0n) is 10.2. The van der Waals surface area contributed by atoms with Gasteiger partial charge in [-0.05, 0) is 27.0 Å². The van der Waals surface area contributed by atoms with Crippen LogP contribution < -0.4 is 9.60 Å². The zero-order chi connectivity index (χ0) is 13.3. The standard InChI is InChI=1S/C9H16N2O3S3/c1-6-7(16-8(12)11-6)17(13,14)10-5-9(2,3)15-4/h10H,5H2,1-4H3,(H,11,12). The third-order valence-electron chi connectivity index (χ3n) is 2.27. The number of hydrogen-bond acceptors (Lipinski definition) is 5. The Labute approximate surface area is 109 Å². The van der Waals surface area contributed by atoms with E-state index in [4.69, 9.17) is 0 Å². The van der Waals surface area contributed by atoms with Gasteiger partial charge in [-0.3, -0.25) is 4.79 Å². The van der Waals surface area contributed by atoms with Crippen molar-refractivity contribution in [2.75, 3.05) is 12.8 Å². The molecule has 0 bridgehead atoms. The third-order valence-corrected chi connectivity index (χ3v) is 6.52. The van der Waals surface area contributed by atoms with Gasteiger partial charge in [-0.15, -0.1) is 0 Å². The molecule has 0 aliphatic carbocycles. The van der Waals surface area contributed by atoms with Gasteiger partial charge in [-0.25, -0.2) is 13.1 Å². The molecule has 0 amide bonds. The van der Waals surface area contributed by atoms with Crippen LogP contribution >= 0.6 is 23.1 Å². The van der Waals surface area contributed by atoms with Crippen LogP contribution in [0.3, 0.4) is 0 Å². The minimum Gasteiger partial charge on any atom is -0.315 e. The maximum Gasteiger partial charge on any atom is 0.305 e. The average Bonchev–Trinajstić information content (AvgIpc) is 2.56. The van der Waals surface area contributed by atoms with E-state index in [9.17, 15) is 13.2 Å². The minimum absolute atomic E-state index is 0.0689. The van der Waals surface area contributed by atoms with Crippen LogP contribution in [0.15, 0.2) is 9.00 Å². The summed E-state index contributed by atoms with van der Waals surface area (Å²) < 4.78 is 26.3. The molecule has 0 spiro atoms. The molecule has 0 atom stereocenters. The van der Waals surface area contributed by atoms with Gasteiger partial charge in [0.25, 0.3) is 10.0 Å². The van der Waals surface area contributed by atoms with Gasteiger partial charge in [-0.2, -0.15) is 11.8 Å². The van der Waals surface area contributed by atoms with Crippen molar-refractivity contribution in [1.82, 2.24) is 9.71 Å². The van der Waals surface area contributed by atoms with Gasteiger partial charge >= 0.3 is 4.87 Å². The van der Waals surface area contributed by atoms with Crippen LogP contribution in [0, 0.1) is 6.92 Å². The zero-order valence-corrected chi connectivity index (χ0v) is 12.6. The van der Waals surface area contributed by atoms with Gasteiger partial charge in [0.2, 0.25) is 0 Å².